The van der Waals surface area contributed by atoms with Crippen LogP contribution in [0.25, 0.3) is 3.59 Å². The molecule has 1 fully saturated rings. The van der Waals surface area contributed by atoms with Gasteiger partial charge >= 0.3 is 109 Å². The predicted octanol–water partition coefficient (Wildman–Crippen LogP) is 2.17. The molecule has 0 amide bonds. The summed E-state index contributed by atoms with van der Waals surface area (Å²) in [7, 11) is 0. The molecule has 2 N–H and O–H groups in total. The van der Waals surface area contributed by atoms with Gasteiger partial charge in [-0.15, -0.1) is 0 Å². The Morgan fingerprint density at radius 2 is 1.71 bits per heavy atom. The zero-order valence-corrected chi connectivity index (χ0v) is 13.8. The molecule has 1 heterocycles. The summed E-state index contributed by atoms with van der Waals surface area (Å²) in [5.74, 6) is 2.42. The molecule has 0 spiro atoms. The van der Waals surface area contributed by atoms with Gasteiger partial charge in [0.25, 0.3) is 0 Å². The van der Waals surface area contributed by atoms with Crippen molar-refractivity contribution in [3.8, 4) is 0 Å². The first kappa shape index (κ1) is 13.2. The van der Waals surface area contributed by atoms with Crippen LogP contribution in [-0.2, 0) is 0 Å². The Morgan fingerprint density at radius 3 is 2.24 bits per heavy atom. The molecule has 1 aromatic carbocycles. The van der Waals surface area contributed by atoms with Crippen LogP contribution in [0.15, 0.2) is 36.3 Å². The average molecular weight is 335 g/mol. The van der Waals surface area contributed by atoms with Gasteiger partial charge in [0.2, 0.25) is 0 Å². The second-order valence-electron chi connectivity index (χ2n) is 5.58. The molecule has 1 aromatic rings. The first-order chi connectivity index (χ1) is 8.07. The molecule has 1 saturated heterocycles. The van der Waals surface area contributed by atoms with Crippen molar-refractivity contribution in [2.24, 2.45) is 0 Å². The monoisotopic (exact) mass is 336 g/mol. The van der Waals surface area contributed by atoms with Crippen molar-refractivity contribution in [2.45, 2.75) is 14.8 Å². The van der Waals surface area contributed by atoms with Crippen LogP contribution >= 0.6 is 0 Å². The minimum atomic E-state index is -2.07. The normalized spacial score (nSPS) is 17.6. The molecule has 4 heteroatoms. The molecule has 1 aliphatic heterocycles. The quantitative estimate of drug-likeness (QED) is 0.828. The topological polar surface area (TPSA) is 24.1 Å². The fourth-order valence-electron chi connectivity index (χ4n) is 2.21. The standard InChI is InChI=1S/C10H12BN2.3CH3.Sn/c1-2-4-10(5-3-1)6-7-11-12-8-9-13-11;;;;/h1-5,7,12-13H,8-9H2;3*1H3;. The number of rotatable bonds is 3. The SMILES string of the molecule is [CH3][Sn]([CH3])([CH3])[C](=CB1NCCN1)c1ccccc1. The Hall–Kier alpha value is -0.256. The van der Waals surface area contributed by atoms with Crippen molar-refractivity contribution >= 4 is 28.9 Å². The van der Waals surface area contributed by atoms with Crippen LogP contribution in [0.4, 0.5) is 0 Å². The Kier molecular flexibility index (Phi) is 4.33. The van der Waals surface area contributed by atoms with Gasteiger partial charge in [-0.3, -0.25) is 0 Å². The predicted molar refractivity (Wildman–Crippen MR) is 79.5 cm³/mol. The van der Waals surface area contributed by atoms with E-state index in [2.05, 4.69) is 61.6 Å². The van der Waals surface area contributed by atoms with Crippen LogP contribution in [0.3, 0.4) is 0 Å². The van der Waals surface area contributed by atoms with E-state index in [1.54, 1.807) is 3.59 Å². The molecule has 2 rings (SSSR count). The summed E-state index contributed by atoms with van der Waals surface area (Å²) < 4.78 is 1.60. The summed E-state index contributed by atoms with van der Waals surface area (Å²) in [6.07, 6.45) is 0. The minimum absolute atomic E-state index is 0.362. The number of nitrogens with one attached hydrogen (secondary N) is 2. The van der Waals surface area contributed by atoms with Crippen molar-refractivity contribution in [3.63, 3.8) is 0 Å². The van der Waals surface area contributed by atoms with Crippen LogP contribution in [0.2, 0.25) is 14.8 Å². The van der Waals surface area contributed by atoms with E-state index in [4.69, 9.17) is 0 Å². The molecule has 0 unspecified atom stereocenters. The summed E-state index contributed by atoms with van der Waals surface area (Å²) >= 11 is -2.07. The van der Waals surface area contributed by atoms with Crippen molar-refractivity contribution in [1.82, 2.24) is 10.5 Å². The van der Waals surface area contributed by atoms with E-state index >= 15 is 0 Å². The third kappa shape index (κ3) is 3.60. The van der Waals surface area contributed by atoms with Crippen molar-refractivity contribution < 1.29 is 0 Å². The van der Waals surface area contributed by atoms with Gasteiger partial charge in [-0.2, -0.15) is 0 Å². The van der Waals surface area contributed by atoms with Gasteiger partial charge in [0.05, 0.1) is 0 Å². The van der Waals surface area contributed by atoms with E-state index in [0.717, 1.165) is 13.1 Å². The molecule has 0 aliphatic carbocycles. The van der Waals surface area contributed by atoms with Crippen LogP contribution in [0.5, 0.6) is 0 Å². The fraction of sp³-hybridized carbons (Fsp3) is 0.385. The number of benzene rings is 1. The van der Waals surface area contributed by atoms with Gasteiger partial charge in [0.1, 0.15) is 0 Å². The molecule has 1 aliphatic rings. The third-order valence-corrected chi connectivity index (χ3v) is 8.99. The Labute approximate surface area is 109 Å². The molecular formula is C13H21BN2Sn. The summed E-state index contributed by atoms with van der Waals surface area (Å²) in [5, 5.41) is 6.95. The van der Waals surface area contributed by atoms with Crippen LogP contribution in [0, 0.1) is 0 Å². The van der Waals surface area contributed by atoms with Gasteiger partial charge in [-0.1, -0.05) is 0 Å². The molecule has 0 radical (unpaired) electrons. The average Bonchev–Trinajstić information content (AvgIpc) is 2.78. The molecule has 2 nitrogen and oxygen atoms in total. The molecule has 17 heavy (non-hydrogen) atoms. The van der Waals surface area contributed by atoms with Gasteiger partial charge in [-0.05, 0) is 0 Å². The summed E-state index contributed by atoms with van der Waals surface area (Å²) in [5.41, 5.74) is 1.41. The zero-order valence-electron chi connectivity index (χ0n) is 11.0. The first-order valence-electron chi connectivity index (χ1n) is 6.32. The fourth-order valence-corrected chi connectivity index (χ4v) is 7.06. The second-order valence-corrected chi connectivity index (χ2v) is 20.0. The molecular weight excluding hydrogens is 314 g/mol. The maximum atomic E-state index is 3.48. The molecule has 0 bridgehead atoms. The van der Waals surface area contributed by atoms with Crippen molar-refractivity contribution in [2.75, 3.05) is 13.1 Å². The van der Waals surface area contributed by atoms with E-state index in [-0.39, 0.29) is 0 Å². The second kappa shape index (κ2) is 5.59. The number of hydrogen-bond acceptors (Lipinski definition) is 2. The molecule has 0 saturated carbocycles. The Morgan fingerprint density at radius 1 is 1.12 bits per heavy atom. The van der Waals surface area contributed by atoms with E-state index in [1.165, 1.54) is 5.56 Å². The van der Waals surface area contributed by atoms with Crippen LogP contribution < -0.4 is 10.5 Å². The van der Waals surface area contributed by atoms with E-state index in [9.17, 15) is 0 Å². The zero-order chi connectivity index (χ0) is 12.3. The summed E-state index contributed by atoms with van der Waals surface area (Å²) in [6, 6.07) is 10.8. The van der Waals surface area contributed by atoms with Gasteiger partial charge in [0.15, 0.2) is 0 Å². The summed E-state index contributed by atoms with van der Waals surface area (Å²) in [6.45, 7) is 2.51. The third-order valence-electron chi connectivity index (χ3n) is 3.08. The van der Waals surface area contributed by atoms with E-state index in [1.807, 2.05) is 0 Å². The van der Waals surface area contributed by atoms with Crippen LogP contribution in [-0.4, -0.2) is 38.4 Å². The molecule has 0 aromatic heterocycles. The molecule has 90 valence electrons. The Bertz CT molecular complexity index is 392. The van der Waals surface area contributed by atoms with Gasteiger partial charge in [-0.25, -0.2) is 0 Å². The van der Waals surface area contributed by atoms with Crippen LogP contribution in [0.1, 0.15) is 5.56 Å². The first-order valence-corrected chi connectivity index (χ1v) is 16.3. The summed E-state index contributed by atoms with van der Waals surface area (Å²) in [4.78, 5) is 7.42. The number of hydrogen-bond donors (Lipinski definition) is 2. The molecule has 0 atom stereocenters. The van der Waals surface area contributed by atoms with Crippen molar-refractivity contribution in [1.29, 1.82) is 0 Å². The Balaban J connectivity index is 2.32. The van der Waals surface area contributed by atoms with Crippen molar-refractivity contribution in [3.05, 3.63) is 41.9 Å². The maximum absolute atomic E-state index is 3.48. The van der Waals surface area contributed by atoms with Gasteiger partial charge in [0, 0.05) is 0 Å². The van der Waals surface area contributed by atoms with Gasteiger partial charge < -0.3 is 0 Å². The van der Waals surface area contributed by atoms with E-state index in [0.29, 0.717) is 6.98 Å². The van der Waals surface area contributed by atoms with E-state index < -0.39 is 18.4 Å².